The van der Waals surface area contributed by atoms with Crippen LogP contribution in [0, 0.1) is 0 Å². The molecule has 2 aromatic rings. The summed E-state index contributed by atoms with van der Waals surface area (Å²) >= 11 is 0. The van der Waals surface area contributed by atoms with Crippen molar-refractivity contribution in [3.63, 3.8) is 0 Å². The van der Waals surface area contributed by atoms with Gasteiger partial charge < -0.3 is 5.32 Å². The van der Waals surface area contributed by atoms with E-state index < -0.39 is 0 Å². The predicted molar refractivity (Wildman–Crippen MR) is 88.9 cm³/mol. The van der Waals surface area contributed by atoms with Gasteiger partial charge in [0.15, 0.2) is 0 Å². The maximum atomic E-state index is 11.9. The lowest BCUT2D eigenvalue weighted by atomic mass is 10.2. The van der Waals surface area contributed by atoms with Gasteiger partial charge in [-0.25, -0.2) is 4.68 Å². The highest BCUT2D eigenvalue weighted by atomic mass is 16.1. The van der Waals surface area contributed by atoms with E-state index >= 15 is 0 Å². The molecule has 0 bridgehead atoms. The van der Waals surface area contributed by atoms with Gasteiger partial charge in [0.05, 0.1) is 5.69 Å². The average molecular weight is 314 g/mol. The molecule has 0 saturated carbocycles. The first-order valence-electron chi connectivity index (χ1n) is 7.96. The zero-order chi connectivity index (χ0) is 16.5. The fourth-order valence-corrected chi connectivity index (χ4v) is 2.17. The minimum Gasteiger partial charge on any atom is -0.356 e. The SMILES string of the molecule is CCCCNC(=O)CCCn1nc(-c2ccncc2)ccc1=O. The van der Waals surface area contributed by atoms with Crippen molar-refractivity contribution >= 4 is 5.91 Å². The number of unbranched alkanes of at least 4 members (excludes halogenated alkanes) is 1. The number of rotatable bonds is 8. The number of hydrogen-bond donors (Lipinski definition) is 1. The normalized spacial score (nSPS) is 10.5. The summed E-state index contributed by atoms with van der Waals surface area (Å²) in [6, 6.07) is 6.90. The van der Waals surface area contributed by atoms with E-state index in [-0.39, 0.29) is 11.5 Å². The zero-order valence-corrected chi connectivity index (χ0v) is 13.4. The Hall–Kier alpha value is -2.50. The maximum absolute atomic E-state index is 11.9. The molecule has 0 unspecified atom stereocenters. The Kier molecular flexibility index (Phi) is 6.47. The minimum atomic E-state index is -0.158. The van der Waals surface area contributed by atoms with E-state index in [1.807, 2.05) is 12.1 Å². The fraction of sp³-hybridized carbons (Fsp3) is 0.412. The van der Waals surface area contributed by atoms with Crippen molar-refractivity contribution < 1.29 is 4.79 Å². The molecule has 0 spiro atoms. The summed E-state index contributed by atoms with van der Waals surface area (Å²) in [7, 11) is 0. The van der Waals surface area contributed by atoms with Crippen molar-refractivity contribution in [2.24, 2.45) is 0 Å². The van der Waals surface area contributed by atoms with Gasteiger partial charge in [-0.3, -0.25) is 14.6 Å². The molecule has 0 aliphatic heterocycles. The number of amides is 1. The van der Waals surface area contributed by atoms with Crippen LogP contribution in [0.1, 0.15) is 32.6 Å². The van der Waals surface area contributed by atoms with Gasteiger partial charge in [-0.1, -0.05) is 13.3 Å². The van der Waals surface area contributed by atoms with Crippen molar-refractivity contribution in [2.75, 3.05) is 6.54 Å². The number of pyridine rings is 1. The molecule has 2 aromatic heterocycles. The Labute approximate surface area is 135 Å². The summed E-state index contributed by atoms with van der Waals surface area (Å²) in [4.78, 5) is 27.5. The van der Waals surface area contributed by atoms with Gasteiger partial charge in [-0.05, 0) is 31.0 Å². The molecule has 1 N–H and O–H groups in total. The van der Waals surface area contributed by atoms with Gasteiger partial charge >= 0.3 is 0 Å². The van der Waals surface area contributed by atoms with E-state index in [0.29, 0.717) is 25.9 Å². The molecule has 0 aliphatic rings. The second-order valence-corrected chi connectivity index (χ2v) is 5.32. The Morgan fingerprint density at radius 3 is 2.70 bits per heavy atom. The van der Waals surface area contributed by atoms with Crippen LogP contribution in [0.2, 0.25) is 0 Å². The number of carbonyl (C=O) groups is 1. The Balaban J connectivity index is 1.93. The van der Waals surface area contributed by atoms with Crippen LogP contribution in [0.3, 0.4) is 0 Å². The summed E-state index contributed by atoms with van der Waals surface area (Å²) in [5, 5.41) is 7.23. The van der Waals surface area contributed by atoms with Crippen molar-refractivity contribution in [1.82, 2.24) is 20.1 Å². The van der Waals surface area contributed by atoms with Gasteiger partial charge in [0.2, 0.25) is 5.91 Å². The lowest BCUT2D eigenvalue weighted by Crippen LogP contribution is -2.26. The average Bonchev–Trinajstić information content (AvgIpc) is 2.57. The van der Waals surface area contributed by atoms with Crippen LogP contribution in [0.15, 0.2) is 41.5 Å². The lowest BCUT2D eigenvalue weighted by Gasteiger charge is -2.07. The molecule has 23 heavy (non-hydrogen) atoms. The highest BCUT2D eigenvalue weighted by Crippen LogP contribution is 2.13. The molecular weight excluding hydrogens is 292 g/mol. The Morgan fingerprint density at radius 2 is 1.96 bits per heavy atom. The molecule has 2 heterocycles. The highest BCUT2D eigenvalue weighted by Gasteiger charge is 2.05. The van der Waals surface area contributed by atoms with Crippen LogP contribution < -0.4 is 10.9 Å². The lowest BCUT2D eigenvalue weighted by molar-refractivity contribution is -0.121. The van der Waals surface area contributed by atoms with Gasteiger partial charge in [0.25, 0.3) is 5.56 Å². The minimum absolute atomic E-state index is 0.0248. The van der Waals surface area contributed by atoms with Crippen LogP contribution in [0.25, 0.3) is 11.3 Å². The molecule has 0 atom stereocenters. The number of hydrogen-bond acceptors (Lipinski definition) is 4. The van der Waals surface area contributed by atoms with Crippen LogP contribution in [-0.4, -0.2) is 27.2 Å². The van der Waals surface area contributed by atoms with Crippen molar-refractivity contribution in [3.05, 3.63) is 47.0 Å². The van der Waals surface area contributed by atoms with E-state index in [1.54, 1.807) is 18.5 Å². The first kappa shape index (κ1) is 16.9. The fourth-order valence-electron chi connectivity index (χ4n) is 2.17. The number of aryl methyl sites for hydroxylation is 1. The summed E-state index contributed by atoms with van der Waals surface area (Å²) < 4.78 is 1.41. The topological polar surface area (TPSA) is 76.9 Å². The van der Waals surface area contributed by atoms with Crippen LogP contribution in [0.4, 0.5) is 0 Å². The van der Waals surface area contributed by atoms with Gasteiger partial charge in [-0.15, -0.1) is 0 Å². The summed E-state index contributed by atoms with van der Waals surface area (Å²) in [6.07, 6.45) is 6.41. The Morgan fingerprint density at radius 1 is 1.17 bits per heavy atom. The number of aromatic nitrogens is 3. The van der Waals surface area contributed by atoms with Crippen molar-refractivity contribution in [1.29, 1.82) is 0 Å². The first-order valence-corrected chi connectivity index (χ1v) is 7.96. The van der Waals surface area contributed by atoms with Gasteiger partial charge in [-0.2, -0.15) is 5.10 Å². The van der Waals surface area contributed by atoms with Gasteiger partial charge in [0.1, 0.15) is 0 Å². The molecular formula is C17H22N4O2. The van der Waals surface area contributed by atoms with E-state index in [2.05, 4.69) is 22.3 Å². The molecule has 6 nitrogen and oxygen atoms in total. The van der Waals surface area contributed by atoms with Crippen LogP contribution in [0.5, 0.6) is 0 Å². The number of carbonyl (C=O) groups excluding carboxylic acids is 1. The molecule has 1 amide bonds. The summed E-state index contributed by atoms with van der Waals surface area (Å²) in [5.41, 5.74) is 1.47. The molecule has 0 radical (unpaired) electrons. The highest BCUT2D eigenvalue weighted by molar-refractivity contribution is 5.75. The third-order valence-electron chi connectivity index (χ3n) is 3.47. The van der Waals surface area contributed by atoms with E-state index in [9.17, 15) is 9.59 Å². The zero-order valence-electron chi connectivity index (χ0n) is 13.4. The first-order chi connectivity index (χ1) is 11.2. The number of nitrogens with one attached hydrogen (secondary N) is 1. The van der Waals surface area contributed by atoms with E-state index in [0.717, 1.165) is 24.1 Å². The second-order valence-electron chi connectivity index (χ2n) is 5.32. The molecule has 0 aliphatic carbocycles. The van der Waals surface area contributed by atoms with Crippen molar-refractivity contribution in [2.45, 2.75) is 39.2 Å². The monoisotopic (exact) mass is 314 g/mol. The molecule has 2 rings (SSSR count). The smallest absolute Gasteiger partial charge is 0.266 e. The second kappa shape index (κ2) is 8.82. The number of nitrogens with zero attached hydrogens (tertiary/aromatic N) is 3. The van der Waals surface area contributed by atoms with E-state index in [1.165, 1.54) is 10.7 Å². The summed E-state index contributed by atoms with van der Waals surface area (Å²) in [5.74, 6) is 0.0248. The Bertz CT molecular complexity index is 682. The maximum Gasteiger partial charge on any atom is 0.266 e. The quantitative estimate of drug-likeness (QED) is 0.756. The molecule has 0 aromatic carbocycles. The molecule has 6 heteroatoms. The molecule has 122 valence electrons. The third-order valence-corrected chi connectivity index (χ3v) is 3.47. The molecule has 0 fully saturated rings. The predicted octanol–water partition coefficient (Wildman–Crippen LogP) is 2.00. The van der Waals surface area contributed by atoms with Crippen molar-refractivity contribution in [3.8, 4) is 11.3 Å². The van der Waals surface area contributed by atoms with Gasteiger partial charge in [0, 0.05) is 43.5 Å². The third kappa shape index (κ3) is 5.32. The van der Waals surface area contributed by atoms with Crippen LogP contribution >= 0.6 is 0 Å². The molecule has 0 saturated heterocycles. The van der Waals surface area contributed by atoms with Crippen LogP contribution in [-0.2, 0) is 11.3 Å². The standard InChI is InChI=1S/C17H22N4O2/c1-2-3-10-19-16(22)5-4-13-21-17(23)7-6-15(20-21)14-8-11-18-12-9-14/h6-9,11-12H,2-5,10,13H2,1H3,(H,19,22). The summed E-state index contributed by atoms with van der Waals surface area (Å²) in [6.45, 7) is 3.23. The largest absolute Gasteiger partial charge is 0.356 e. The van der Waals surface area contributed by atoms with E-state index in [4.69, 9.17) is 0 Å².